The molecule has 0 aliphatic carbocycles. The number of hydrogen-bond donors (Lipinski definition) is 2. The van der Waals surface area contributed by atoms with Gasteiger partial charge in [0.2, 0.25) is 10.2 Å². The third kappa shape index (κ3) is 13.3. The Balaban J connectivity index is 4.06. The molecule has 0 saturated heterocycles. The summed E-state index contributed by atoms with van der Waals surface area (Å²) in [5, 5.41) is -3.22. The maximum Gasteiger partial charge on any atom is 0.284 e. The molecule has 0 amide bonds. The minimum atomic E-state index is -4.76. The first-order valence-corrected chi connectivity index (χ1v) is 11.6. The fraction of sp³-hybridized carbons (Fsp3) is 1.00. The zero-order chi connectivity index (χ0) is 17.7. The van der Waals surface area contributed by atoms with Crippen molar-refractivity contribution in [1.82, 2.24) is 0 Å². The fourth-order valence-electron chi connectivity index (χ4n) is 1.01. The first-order chi connectivity index (χ1) is 9.62. The van der Waals surface area contributed by atoms with Crippen molar-refractivity contribution in [3.05, 3.63) is 0 Å². The normalized spacial score (nSPS) is 14.1. The molecule has 22 heavy (non-hydrogen) atoms. The number of hydrogen-bond acceptors (Lipinski definition) is 10. The summed E-state index contributed by atoms with van der Waals surface area (Å²) in [5.41, 5.74) is 0. The Labute approximate surface area is 128 Å². The molecule has 0 atom stereocenters. The lowest BCUT2D eigenvalue weighted by atomic mass is 10.3. The van der Waals surface area contributed by atoms with E-state index in [1.807, 2.05) is 0 Å². The minimum Gasteiger partial charge on any atom is -0.285 e. The number of rotatable bonds is 11. The van der Waals surface area contributed by atoms with Gasteiger partial charge in [-0.15, -0.1) is 0 Å². The van der Waals surface area contributed by atoms with E-state index in [4.69, 9.17) is 9.11 Å². The van der Waals surface area contributed by atoms with Crippen molar-refractivity contribution in [3.63, 3.8) is 0 Å². The molecule has 16 heteroatoms. The summed E-state index contributed by atoms with van der Waals surface area (Å²) in [7, 11) is -18.5. The van der Waals surface area contributed by atoms with Crippen LogP contribution in [0.3, 0.4) is 0 Å². The van der Waals surface area contributed by atoms with Gasteiger partial charge in [0.25, 0.3) is 40.5 Å². The Morgan fingerprint density at radius 2 is 0.864 bits per heavy atom. The van der Waals surface area contributed by atoms with Crippen LogP contribution in [0.25, 0.3) is 0 Å². The molecule has 12 nitrogen and oxygen atoms in total. The third-order valence-corrected chi connectivity index (χ3v) is 7.39. The molecule has 0 saturated carbocycles. The Morgan fingerprint density at radius 1 is 0.591 bits per heavy atom. The van der Waals surface area contributed by atoms with E-state index in [9.17, 15) is 33.7 Å². The molecule has 0 aliphatic heterocycles. The molecule has 0 heterocycles. The van der Waals surface area contributed by atoms with Crippen molar-refractivity contribution >= 4 is 40.5 Å². The standard InChI is InChI=1S/C6H14O12S4/c7-19(8,9)5-21(13,14)17-3-1-2-4-18-22(15,16)6-20(10,11)12/h1-6H2,(H,7,8,9)(H,10,11,12). The molecule has 0 unspecified atom stereocenters. The van der Waals surface area contributed by atoms with Gasteiger partial charge in [-0.1, -0.05) is 0 Å². The molecule has 0 fully saturated rings. The van der Waals surface area contributed by atoms with Crippen molar-refractivity contribution in [2.75, 3.05) is 23.4 Å². The quantitative estimate of drug-likeness (QED) is 0.221. The van der Waals surface area contributed by atoms with Crippen LogP contribution in [0.4, 0.5) is 0 Å². The molecular formula is C6H14O12S4. The Kier molecular flexibility index (Phi) is 7.82. The third-order valence-electron chi connectivity index (χ3n) is 1.65. The second kappa shape index (κ2) is 7.95. The Morgan fingerprint density at radius 3 is 1.09 bits per heavy atom. The van der Waals surface area contributed by atoms with E-state index in [1.54, 1.807) is 0 Å². The zero-order valence-electron chi connectivity index (χ0n) is 10.9. The van der Waals surface area contributed by atoms with Crippen molar-refractivity contribution in [2.24, 2.45) is 0 Å². The molecule has 0 aliphatic rings. The van der Waals surface area contributed by atoms with Gasteiger partial charge in [-0.3, -0.25) is 17.5 Å². The highest BCUT2D eigenvalue weighted by Gasteiger charge is 2.22. The summed E-state index contributed by atoms with van der Waals surface area (Å²) in [6, 6.07) is 0. The van der Waals surface area contributed by atoms with Gasteiger partial charge in [0, 0.05) is 0 Å². The zero-order valence-corrected chi connectivity index (χ0v) is 14.1. The van der Waals surface area contributed by atoms with Crippen molar-refractivity contribution in [1.29, 1.82) is 0 Å². The highest BCUT2D eigenvalue weighted by atomic mass is 32.3. The van der Waals surface area contributed by atoms with Crippen LogP contribution in [0.5, 0.6) is 0 Å². The predicted molar refractivity (Wildman–Crippen MR) is 71.8 cm³/mol. The van der Waals surface area contributed by atoms with Crippen molar-refractivity contribution < 1.29 is 51.1 Å². The first kappa shape index (κ1) is 21.6. The van der Waals surface area contributed by atoms with E-state index in [0.717, 1.165) is 0 Å². The molecule has 0 radical (unpaired) electrons. The van der Waals surface area contributed by atoms with Crippen LogP contribution < -0.4 is 0 Å². The van der Waals surface area contributed by atoms with Crippen LogP contribution in [0, 0.1) is 0 Å². The second-order valence-corrected chi connectivity index (χ2v) is 10.8. The first-order valence-electron chi connectivity index (χ1n) is 5.26. The average molecular weight is 406 g/mol. The van der Waals surface area contributed by atoms with E-state index in [0.29, 0.717) is 0 Å². The second-order valence-electron chi connectivity index (χ2n) is 3.87. The summed E-state index contributed by atoms with van der Waals surface area (Å²) < 4.78 is 111. The highest BCUT2D eigenvalue weighted by Crippen LogP contribution is 2.03. The molecule has 0 rings (SSSR count). The predicted octanol–water partition coefficient (Wildman–Crippen LogP) is -1.85. The van der Waals surface area contributed by atoms with Crippen LogP contribution in [0.1, 0.15) is 12.8 Å². The van der Waals surface area contributed by atoms with Gasteiger partial charge >= 0.3 is 0 Å². The van der Waals surface area contributed by atoms with Crippen LogP contribution in [0.2, 0.25) is 0 Å². The fourth-order valence-corrected chi connectivity index (χ4v) is 5.22. The van der Waals surface area contributed by atoms with E-state index < -0.39 is 63.9 Å². The number of unbranched alkanes of at least 4 members (excludes halogenated alkanes) is 1. The summed E-state index contributed by atoms with van der Waals surface area (Å²) in [6.45, 7) is -1.00. The molecule has 0 aromatic heterocycles. The summed E-state index contributed by atoms with van der Waals surface area (Å²) >= 11 is 0. The van der Waals surface area contributed by atoms with Crippen LogP contribution in [0.15, 0.2) is 0 Å². The summed E-state index contributed by atoms with van der Waals surface area (Å²) in [4.78, 5) is 0. The lowest BCUT2D eigenvalue weighted by molar-refractivity contribution is 0.272. The molecule has 0 spiro atoms. The lowest BCUT2D eigenvalue weighted by Gasteiger charge is -2.05. The smallest absolute Gasteiger partial charge is 0.284 e. The summed E-state index contributed by atoms with van der Waals surface area (Å²) in [5.74, 6) is 0. The molecule has 2 N–H and O–H groups in total. The minimum absolute atomic E-state index is 0.0634. The van der Waals surface area contributed by atoms with Crippen LogP contribution >= 0.6 is 0 Å². The molecule has 0 aromatic rings. The molecule has 0 aromatic carbocycles. The van der Waals surface area contributed by atoms with E-state index in [2.05, 4.69) is 8.37 Å². The maximum atomic E-state index is 11.0. The molecule has 134 valence electrons. The topological polar surface area (TPSA) is 195 Å². The van der Waals surface area contributed by atoms with Gasteiger partial charge < -0.3 is 0 Å². The molecular weight excluding hydrogens is 392 g/mol. The van der Waals surface area contributed by atoms with E-state index in [-0.39, 0.29) is 12.8 Å². The molecule has 0 bridgehead atoms. The van der Waals surface area contributed by atoms with Crippen LogP contribution in [-0.4, -0.2) is 66.2 Å². The SMILES string of the molecule is O=S(=O)(O)CS(=O)(=O)OCCCCOS(=O)(=O)CS(=O)(=O)O. The van der Waals surface area contributed by atoms with Gasteiger partial charge in [-0.2, -0.15) is 33.7 Å². The average Bonchev–Trinajstić information content (AvgIpc) is 2.15. The van der Waals surface area contributed by atoms with Crippen LogP contribution in [-0.2, 0) is 48.8 Å². The largest absolute Gasteiger partial charge is 0.285 e. The van der Waals surface area contributed by atoms with Gasteiger partial charge in [0.15, 0.2) is 0 Å². The Hall–Kier alpha value is -0.360. The lowest BCUT2D eigenvalue weighted by Crippen LogP contribution is -2.19. The summed E-state index contributed by atoms with van der Waals surface area (Å²) in [6.07, 6.45) is -0.127. The van der Waals surface area contributed by atoms with Gasteiger partial charge in [-0.05, 0) is 12.8 Å². The Bertz CT molecular complexity index is 687. The monoisotopic (exact) mass is 406 g/mol. The van der Waals surface area contributed by atoms with Gasteiger partial charge in [0.05, 0.1) is 13.2 Å². The van der Waals surface area contributed by atoms with Crippen molar-refractivity contribution in [3.8, 4) is 0 Å². The van der Waals surface area contributed by atoms with E-state index in [1.165, 1.54) is 0 Å². The van der Waals surface area contributed by atoms with Crippen molar-refractivity contribution in [2.45, 2.75) is 12.8 Å². The van der Waals surface area contributed by atoms with Gasteiger partial charge in [-0.25, -0.2) is 0 Å². The van der Waals surface area contributed by atoms with E-state index >= 15 is 0 Å². The highest BCUT2D eigenvalue weighted by molar-refractivity contribution is 8.03. The maximum absolute atomic E-state index is 11.0. The van der Waals surface area contributed by atoms with Gasteiger partial charge in [0.1, 0.15) is 0 Å².